The highest BCUT2D eigenvalue weighted by atomic mass is 19.4. The van der Waals surface area contributed by atoms with E-state index in [2.05, 4.69) is 0 Å². The van der Waals surface area contributed by atoms with Gasteiger partial charge in [0.1, 0.15) is 5.75 Å². The topological polar surface area (TPSA) is 35.2 Å². The van der Waals surface area contributed by atoms with Crippen molar-refractivity contribution in [2.75, 3.05) is 0 Å². The van der Waals surface area contributed by atoms with E-state index in [4.69, 9.17) is 10.5 Å². The van der Waals surface area contributed by atoms with Gasteiger partial charge in [-0.1, -0.05) is 26.0 Å². The Morgan fingerprint density at radius 1 is 1.17 bits per heavy atom. The van der Waals surface area contributed by atoms with Crippen LogP contribution in [0.3, 0.4) is 0 Å². The van der Waals surface area contributed by atoms with Crippen molar-refractivity contribution in [2.45, 2.75) is 45.0 Å². The van der Waals surface area contributed by atoms with Crippen molar-refractivity contribution in [1.82, 2.24) is 0 Å². The fourth-order valence-corrected chi connectivity index (χ4v) is 1.56. The van der Waals surface area contributed by atoms with Gasteiger partial charge in [0.05, 0.1) is 6.04 Å². The van der Waals surface area contributed by atoms with Gasteiger partial charge in [-0.05, 0) is 30.5 Å². The van der Waals surface area contributed by atoms with Crippen molar-refractivity contribution in [2.24, 2.45) is 5.73 Å². The highest BCUT2D eigenvalue weighted by Crippen LogP contribution is 2.28. The number of hydrogen-bond donors (Lipinski definition) is 1. The standard InChI is InChI=1S/C13H18F3NO/c1-3-9-5-7-10(8-6-9)18-12(11(17)4-2)13(14,15)16/h5-8,11-12H,3-4,17H2,1-2H3. The van der Waals surface area contributed by atoms with Gasteiger partial charge in [0.2, 0.25) is 6.10 Å². The summed E-state index contributed by atoms with van der Waals surface area (Å²) in [4.78, 5) is 0. The number of nitrogens with two attached hydrogens (primary N) is 1. The quantitative estimate of drug-likeness (QED) is 0.882. The maximum atomic E-state index is 12.8. The second kappa shape index (κ2) is 6.09. The Balaban J connectivity index is 2.82. The van der Waals surface area contributed by atoms with Crippen LogP contribution in [-0.2, 0) is 6.42 Å². The minimum absolute atomic E-state index is 0.193. The lowest BCUT2D eigenvalue weighted by molar-refractivity contribution is -0.200. The summed E-state index contributed by atoms with van der Waals surface area (Å²) in [7, 11) is 0. The first kappa shape index (κ1) is 14.8. The maximum Gasteiger partial charge on any atom is 0.426 e. The third-order valence-electron chi connectivity index (χ3n) is 2.78. The summed E-state index contributed by atoms with van der Waals surface area (Å²) >= 11 is 0. The van der Waals surface area contributed by atoms with Gasteiger partial charge < -0.3 is 10.5 Å². The Bertz CT molecular complexity index is 361. The molecule has 0 aliphatic carbocycles. The lowest BCUT2D eigenvalue weighted by Gasteiger charge is -2.26. The molecule has 0 spiro atoms. The first-order valence-corrected chi connectivity index (χ1v) is 5.96. The molecule has 0 heterocycles. The number of ether oxygens (including phenoxy) is 1. The molecular formula is C13H18F3NO. The fraction of sp³-hybridized carbons (Fsp3) is 0.538. The van der Waals surface area contributed by atoms with Crippen LogP contribution in [0.2, 0.25) is 0 Å². The number of benzene rings is 1. The van der Waals surface area contributed by atoms with Crippen LogP contribution in [0.1, 0.15) is 25.8 Å². The van der Waals surface area contributed by atoms with Crippen LogP contribution in [0.15, 0.2) is 24.3 Å². The molecule has 0 aliphatic rings. The van der Waals surface area contributed by atoms with Gasteiger partial charge >= 0.3 is 6.18 Å². The molecule has 0 saturated carbocycles. The molecule has 5 heteroatoms. The largest absolute Gasteiger partial charge is 0.479 e. The first-order valence-electron chi connectivity index (χ1n) is 5.96. The number of halogens is 3. The van der Waals surface area contributed by atoms with Crippen LogP contribution < -0.4 is 10.5 Å². The summed E-state index contributed by atoms with van der Waals surface area (Å²) in [5, 5.41) is 0. The molecule has 1 aromatic rings. The molecule has 18 heavy (non-hydrogen) atoms. The third kappa shape index (κ3) is 3.91. The van der Waals surface area contributed by atoms with Crippen LogP contribution in [-0.4, -0.2) is 18.3 Å². The number of hydrogen-bond acceptors (Lipinski definition) is 2. The van der Waals surface area contributed by atoms with Crippen molar-refractivity contribution in [3.05, 3.63) is 29.8 Å². The van der Waals surface area contributed by atoms with Crippen LogP contribution in [0.4, 0.5) is 13.2 Å². The summed E-state index contributed by atoms with van der Waals surface area (Å²) in [6.07, 6.45) is -5.39. The molecule has 0 saturated heterocycles. The van der Waals surface area contributed by atoms with Crippen LogP contribution >= 0.6 is 0 Å². The van der Waals surface area contributed by atoms with E-state index in [1.807, 2.05) is 6.92 Å². The van der Waals surface area contributed by atoms with Crippen LogP contribution in [0.25, 0.3) is 0 Å². The van der Waals surface area contributed by atoms with Gasteiger partial charge in [-0.25, -0.2) is 0 Å². The minimum Gasteiger partial charge on any atom is -0.479 e. The molecule has 1 rings (SSSR count). The molecule has 1 aromatic carbocycles. The monoisotopic (exact) mass is 261 g/mol. The van der Waals surface area contributed by atoms with Crippen molar-refractivity contribution < 1.29 is 17.9 Å². The number of alkyl halides is 3. The Morgan fingerprint density at radius 3 is 2.11 bits per heavy atom. The van der Waals surface area contributed by atoms with Gasteiger partial charge in [0.15, 0.2) is 0 Å². The summed E-state index contributed by atoms with van der Waals surface area (Å²) in [6, 6.07) is 5.52. The second-order valence-electron chi connectivity index (χ2n) is 4.15. The molecule has 0 aromatic heterocycles. The van der Waals surface area contributed by atoms with E-state index < -0.39 is 18.3 Å². The Labute approximate surface area is 105 Å². The minimum atomic E-state index is -4.46. The predicted octanol–water partition coefficient (Wildman–Crippen LogP) is 3.30. The highest BCUT2D eigenvalue weighted by molar-refractivity contribution is 5.27. The van der Waals surface area contributed by atoms with Crippen molar-refractivity contribution >= 4 is 0 Å². The molecule has 2 nitrogen and oxygen atoms in total. The average Bonchev–Trinajstić information content (AvgIpc) is 2.34. The Hall–Kier alpha value is -1.23. The Morgan fingerprint density at radius 2 is 1.72 bits per heavy atom. The molecular weight excluding hydrogens is 243 g/mol. The second-order valence-corrected chi connectivity index (χ2v) is 4.15. The van der Waals surface area contributed by atoms with E-state index in [0.29, 0.717) is 0 Å². The van der Waals surface area contributed by atoms with Gasteiger partial charge in [-0.3, -0.25) is 0 Å². The molecule has 2 unspecified atom stereocenters. The fourth-order valence-electron chi connectivity index (χ4n) is 1.56. The number of rotatable bonds is 5. The molecule has 0 radical (unpaired) electrons. The van der Waals surface area contributed by atoms with Gasteiger partial charge in [0, 0.05) is 0 Å². The maximum absolute atomic E-state index is 12.8. The normalized spacial score (nSPS) is 15.2. The van der Waals surface area contributed by atoms with E-state index in [0.717, 1.165) is 12.0 Å². The van der Waals surface area contributed by atoms with Crippen LogP contribution in [0, 0.1) is 0 Å². The zero-order valence-electron chi connectivity index (χ0n) is 10.5. The smallest absolute Gasteiger partial charge is 0.426 e. The highest BCUT2D eigenvalue weighted by Gasteiger charge is 2.45. The predicted molar refractivity (Wildman–Crippen MR) is 64.6 cm³/mol. The first-order chi connectivity index (χ1) is 8.38. The molecule has 102 valence electrons. The summed E-state index contributed by atoms with van der Waals surface area (Å²) in [5.41, 5.74) is 6.51. The van der Waals surface area contributed by atoms with Gasteiger partial charge in [0.25, 0.3) is 0 Å². The van der Waals surface area contributed by atoms with Crippen molar-refractivity contribution in [1.29, 1.82) is 0 Å². The average molecular weight is 261 g/mol. The van der Waals surface area contributed by atoms with Crippen LogP contribution in [0.5, 0.6) is 5.75 Å². The zero-order valence-corrected chi connectivity index (χ0v) is 10.5. The van der Waals surface area contributed by atoms with Crippen molar-refractivity contribution in [3.8, 4) is 5.75 Å². The van der Waals surface area contributed by atoms with Crippen molar-refractivity contribution in [3.63, 3.8) is 0 Å². The molecule has 0 bridgehead atoms. The molecule has 2 atom stereocenters. The van der Waals surface area contributed by atoms with Gasteiger partial charge in [-0.15, -0.1) is 0 Å². The summed E-state index contributed by atoms with van der Waals surface area (Å²) in [6.45, 7) is 3.58. The van der Waals surface area contributed by atoms with Gasteiger partial charge in [-0.2, -0.15) is 13.2 Å². The molecule has 0 fully saturated rings. The SMILES string of the molecule is CCc1ccc(OC(C(N)CC)C(F)(F)F)cc1. The summed E-state index contributed by atoms with van der Waals surface area (Å²) in [5.74, 6) is 0.193. The summed E-state index contributed by atoms with van der Waals surface area (Å²) < 4.78 is 43.3. The lowest BCUT2D eigenvalue weighted by Crippen LogP contribution is -2.48. The molecule has 0 aliphatic heterocycles. The van der Waals surface area contributed by atoms with E-state index in [9.17, 15) is 13.2 Å². The Kier molecular flexibility index (Phi) is 5.02. The molecule has 2 N–H and O–H groups in total. The lowest BCUT2D eigenvalue weighted by atomic mass is 10.1. The van der Waals surface area contributed by atoms with E-state index in [-0.39, 0.29) is 12.2 Å². The van der Waals surface area contributed by atoms with E-state index in [1.165, 1.54) is 0 Å². The zero-order chi connectivity index (χ0) is 13.8. The molecule has 0 amide bonds. The van der Waals surface area contributed by atoms with E-state index in [1.54, 1.807) is 31.2 Å². The van der Waals surface area contributed by atoms with E-state index >= 15 is 0 Å². The third-order valence-corrected chi connectivity index (χ3v) is 2.78. The number of aryl methyl sites for hydroxylation is 1.